The summed E-state index contributed by atoms with van der Waals surface area (Å²) in [4.78, 5) is 25.0. The molecule has 0 aliphatic heterocycles. The van der Waals surface area contributed by atoms with Crippen molar-refractivity contribution in [3.05, 3.63) is 80.1 Å². The fourth-order valence-electron chi connectivity index (χ4n) is 1.96. The van der Waals surface area contributed by atoms with Gasteiger partial charge in [0.25, 0.3) is 5.56 Å². The normalized spacial score (nSPS) is 10.8. The second-order valence-electron chi connectivity index (χ2n) is 4.59. The van der Waals surface area contributed by atoms with Gasteiger partial charge in [-0.25, -0.2) is 13.9 Å². The van der Waals surface area contributed by atoms with E-state index in [1.54, 1.807) is 29.1 Å². The molecule has 8 heteroatoms. The maximum atomic E-state index is 12.9. The highest BCUT2D eigenvalue weighted by Crippen LogP contribution is 2.09. The van der Waals surface area contributed by atoms with Crippen LogP contribution in [0.4, 0.5) is 4.39 Å². The quantitative estimate of drug-likeness (QED) is 0.796. The van der Waals surface area contributed by atoms with Crippen molar-refractivity contribution in [1.29, 1.82) is 0 Å². The molecular weight excluding hydrogens is 311 g/mol. The van der Waals surface area contributed by atoms with Crippen LogP contribution in [0, 0.1) is 5.82 Å². The van der Waals surface area contributed by atoms with Gasteiger partial charge in [0.2, 0.25) is 0 Å². The summed E-state index contributed by atoms with van der Waals surface area (Å²) < 4.78 is 15.7. The molecule has 0 radical (unpaired) electrons. The minimum Gasteiger partial charge on any atom is -0.293 e. The second kappa shape index (κ2) is 5.61. The van der Waals surface area contributed by atoms with Crippen molar-refractivity contribution in [3.8, 4) is 5.69 Å². The van der Waals surface area contributed by atoms with Crippen LogP contribution in [-0.2, 0) is 6.54 Å². The SMILES string of the molecule is O=c1[nH]c(=O)n(Cc2ccn(-c3ccc(F)cc3)n2)cc1Cl. The van der Waals surface area contributed by atoms with Gasteiger partial charge in [0, 0.05) is 12.4 Å². The number of aromatic amines is 1. The van der Waals surface area contributed by atoms with Crippen molar-refractivity contribution in [3.63, 3.8) is 0 Å². The van der Waals surface area contributed by atoms with Crippen LogP contribution in [0.3, 0.4) is 0 Å². The largest absolute Gasteiger partial charge is 0.328 e. The zero-order valence-electron chi connectivity index (χ0n) is 11.2. The lowest BCUT2D eigenvalue weighted by Gasteiger charge is -2.03. The molecule has 3 aromatic rings. The summed E-state index contributed by atoms with van der Waals surface area (Å²) in [6.07, 6.45) is 2.96. The third-order valence-corrected chi connectivity index (χ3v) is 3.30. The Morgan fingerprint density at radius 3 is 2.64 bits per heavy atom. The number of H-pyrrole nitrogens is 1. The number of hydrogen-bond donors (Lipinski definition) is 1. The summed E-state index contributed by atoms with van der Waals surface area (Å²) >= 11 is 5.70. The Morgan fingerprint density at radius 1 is 1.18 bits per heavy atom. The highest BCUT2D eigenvalue weighted by molar-refractivity contribution is 6.30. The monoisotopic (exact) mass is 320 g/mol. The Bertz CT molecular complexity index is 927. The summed E-state index contributed by atoms with van der Waals surface area (Å²) in [5.41, 5.74) is 0.0968. The molecule has 0 bridgehead atoms. The van der Waals surface area contributed by atoms with Gasteiger partial charge >= 0.3 is 5.69 Å². The van der Waals surface area contributed by atoms with Crippen LogP contribution in [0.5, 0.6) is 0 Å². The Balaban J connectivity index is 1.89. The predicted octanol–water partition coefficient (Wildman–Crippen LogP) is 1.56. The van der Waals surface area contributed by atoms with E-state index < -0.39 is 11.2 Å². The van der Waals surface area contributed by atoms with E-state index in [0.29, 0.717) is 11.4 Å². The number of nitrogens with one attached hydrogen (secondary N) is 1. The summed E-state index contributed by atoms with van der Waals surface area (Å²) in [6, 6.07) is 7.57. The van der Waals surface area contributed by atoms with Gasteiger partial charge in [-0.3, -0.25) is 14.3 Å². The van der Waals surface area contributed by atoms with Crippen LogP contribution in [0.15, 0.2) is 52.3 Å². The third kappa shape index (κ3) is 2.84. The summed E-state index contributed by atoms with van der Waals surface area (Å²) in [5.74, 6) is -0.328. The Labute approximate surface area is 128 Å². The molecule has 0 aliphatic rings. The maximum Gasteiger partial charge on any atom is 0.328 e. The van der Waals surface area contributed by atoms with Crippen molar-refractivity contribution in [2.24, 2.45) is 0 Å². The van der Waals surface area contributed by atoms with Gasteiger partial charge in [0.05, 0.1) is 17.9 Å². The van der Waals surface area contributed by atoms with Crippen LogP contribution >= 0.6 is 11.6 Å². The van der Waals surface area contributed by atoms with Gasteiger partial charge in [-0.05, 0) is 30.3 Å². The molecule has 22 heavy (non-hydrogen) atoms. The Hall–Kier alpha value is -2.67. The average molecular weight is 321 g/mol. The number of halogens is 2. The molecule has 0 unspecified atom stereocenters. The van der Waals surface area contributed by atoms with E-state index in [1.807, 2.05) is 0 Å². The summed E-state index contributed by atoms with van der Waals surface area (Å²) in [5, 5.41) is 4.23. The lowest BCUT2D eigenvalue weighted by Crippen LogP contribution is -2.30. The molecule has 0 amide bonds. The Kier molecular flexibility index (Phi) is 3.64. The molecule has 0 aliphatic carbocycles. The number of benzene rings is 1. The van der Waals surface area contributed by atoms with Gasteiger partial charge < -0.3 is 0 Å². The molecule has 3 rings (SSSR count). The zero-order valence-corrected chi connectivity index (χ0v) is 11.9. The first kappa shape index (κ1) is 14.3. The van der Waals surface area contributed by atoms with E-state index in [4.69, 9.17) is 11.6 Å². The topological polar surface area (TPSA) is 72.7 Å². The minimum atomic E-state index is -0.625. The van der Waals surface area contributed by atoms with E-state index in [-0.39, 0.29) is 17.4 Å². The molecule has 1 N–H and O–H groups in total. The predicted molar refractivity (Wildman–Crippen MR) is 79.0 cm³/mol. The number of aromatic nitrogens is 4. The molecule has 0 fully saturated rings. The van der Waals surface area contributed by atoms with Gasteiger partial charge in [-0.2, -0.15) is 5.10 Å². The van der Waals surface area contributed by atoms with E-state index in [0.717, 1.165) is 0 Å². The van der Waals surface area contributed by atoms with E-state index in [9.17, 15) is 14.0 Å². The third-order valence-electron chi connectivity index (χ3n) is 3.04. The first-order valence-electron chi connectivity index (χ1n) is 6.33. The van der Waals surface area contributed by atoms with Crippen molar-refractivity contribution >= 4 is 11.6 Å². The number of rotatable bonds is 3. The van der Waals surface area contributed by atoms with Crippen molar-refractivity contribution in [1.82, 2.24) is 19.3 Å². The molecule has 0 saturated heterocycles. The maximum absolute atomic E-state index is 12.9. The lowest BCUT2D eigenvalue weighted by molar-refractivity contribution is 0.626. The van der Waals surface area contributed by atoms with E-state index >= 15 is 0 Å². The molecule has 112 valence electrons. The molecule has 0 spiro atoms. The molecule has 2 aromatic heterocycles. The van der Waals surface area contributed by atoms with Crippen LogP contribution in [0.1, 0.15) is 5.69 Å². The van der Waals surface area contributed by atoms with Crippen molar-refractivity contribution < 1.29 is 4.39 Å². The van der Waals surface area contributed by atoms with Gasteiger partial charge in [0.1, 0.15) is 10.8 Å². The van der Waals surface area contributed by atoms with E-state index in [1.165, 1.54) is 22.9 Å². The molecule has 1 aromatic carbocycles. The average Bonchev–Trinajstić information content (AvgIpc) is 2.94. The summed E-state index contributed by atoms with van der Waals surface area (Å²) in [7, 11) is 0. The van der Waals surface area contributed by atoms with Crippen LogP contribution in [-0.4, -0.2) is 19.3 Å². The first-order valence-corrected chi connectivity index (χ1v) is 6.70. The molecule has 2 heterocycles. The van der Waals surface area contributed by atoms with Crippen LogP contribution < -0.4 is 11.2 Å². The van der Waals surface area contributed by atoms with Crippen molar-refractivity contribution in [2.75, 3.05) is 0 Å². The second-order valence-corrected chi connectivity index (χ2v) is 5.00. The smallest absolute Gasteiger partial charge is 0.293 e. The lowest BCUT2D eigenvalue weighted by atomic mass is 10.3. The highest BCUT2D eigenvalue weighted by atomic mass is 35.5. The fourth-order valence-corrected chi connectivity index (χ4v) is 2.12. The number of nitrogens with zero attached hydrogens (tertiary/aromatic N) is 3. The standard InChI is InChI=1S/C14H10ClFN4O2/c15-12-8-19(14(22)17-13(12)21)7-10-5-6-20(18-10)11-3-1-9(16)2-4-11/h1-6,8H,7H2,(H,17,21,22). The minimum absolute atomic E-state index is 0.0717. The zero-order chi connectivity index (χ0) is 15.7. The Morgan fingerprint density at radius 2 is 1.91 bits per heavy atom. The van der Waals surface area contributed by atoms with Crippen LogP contribution in [0.25, 0.3) is 5.69 Å². The van der Waals surface area contributed by atoms with Gasteiger partial charge in [-0.1, -0.05) is 11.6 Å². The molecule has 6 nitrogen and oxygen atoms in total. The summed E-state index contributed by atoms with van der Waals surface area (Å²) in [6.45, 7) is 0.156. The van der Waals surface area contributed by atoms with Gasteiger partial charge in [0.15, 0.2) is 0 Å². The first-order chi connectivity index (χ1) is 10.5. The highest BCUT2D eigenvalue weighted by Gasteiger charge is 2.06. The number of hydrogen-bond acceptors (Lipinski definition) is 3. The van der Waals surface area contributed by atoms with Gasteiger partial charge in [-0.15, -0.1) is 0 Å². The molecular formula is C14H10ClFN4O2. The van der Waals surface area contributed by atoms with E-state index in [2.05, 4.69) is 10.1 Å². The fraction of sp³-hybridized carbons (Fsp3) is 0.0714. The van der Waals surface area contributed by atoms with Crippen LogP contribution in [0.2, 0.25) is 5.02 Å². The molecule has 0 atom stereocenters. The molecule has 0 saturated carbocycles. The van der Waals surface area contributed by atoms with Crippen molar-refractivity contribution in [2.45, 2.75) is 6.54 Å².